The van der Waals surface area contributed by atoms with Gasteiger partial charge in [0.25, 0.3) is 0 Å². The van der Waals surface area contributed by atoms with E-state index in [1.54, 1.807) is 23.1 Å². The molecule has 0 saturated heterocycles. The summed E-state index contributed by atoms with van der Waals surface area (Å²) in [6, 6.07) is 23.3. The van der Waals surface area contributed by atoms with Crippen molar-refractivity contribution in [1.29, 1.82) is 0 Å². The summed E-state index contributed by atoms with van der Waals surface area (Å²) in [6.07, 6.45) is -0.397. The fourth-order valence-electron chi connectivity index (χ4n) is 3.98. The van der Waals surface area contributed by atoms with E-state index in [2.05, 4.69) is 24.3 Å². The second-order valence-corrected chi connectivity index (χ2v) is 7.83. The van der Waals surface area contributed by atoms with E-state index in [-0.39, 0.29) is 24.2 Å². The minimum Gasteiger partial charge on any atom is -0.508 e. The van der Waals surface area contributed by atoms with Gasteiger partial charge >= 0.3 is 6.09 Å². The summed E-state index contributed by atoms with van der Waals surface area (Å²) in [5.74, 6) is 0.414. The van der Waals surface area contributed by atoms with Gasteiger partial charge in [-0.1, -0.05) is 68.4 Å². The molecule has 4 heteroatoms. The third-order valence-electron chi connectivity index (χ3n) is 5.25. The molecule has 0 aromatic heterocycles. The van der Waals surface area contributed by atoms with Crippen LogP contribution in [-0.2, 0) is 4.74 Å². The van der Waals surface area contributed by atoms with Crippen LogP contribution in [0.3, 0.4) is 0 Å². The number of ether oxygens (including phenoxy) is 1. The Morgan fingerprint density at radius 3 is 2.17 bits per heavy atom. The third kappa shape index (κ3) is 3.83. The maximum absolute atomic E-state index is 13.0. The first-order chi connectivity index (χ1) is 14.0. The number of nitrogens with zero attached hydrogens (tertiary/aromatic N) is 1. The van der Waals surface area contributed by atoms with Crippen LogP contribution in [0.4, 0.5) is 10.5 Å². The Bertz CT molecular complexity index is 982. The third-order valence-corrected chi connectivity index (χ3v) is 5.25. The van der Waals surface area contributed by atoms with Crippen molar-refractivity contribution in [2.45, 2.75) is 19.8 Å². The first-order valence-electron chi connectivity index (χ1n) is 9.96. The van der Waals surface area contributed by atoms with Crippen molar-refractivity contribution in [2.24, 2.45) is 5.92 Å². The predicted octanol–water partition coefficient (Wildman–Crippen LogP) is 5.80. The topological polar surface area (TPSA) is 49.8 Å². The summed E-state index contributed by atoms with van der Waals surface area (Å²) in [6.45, 7) is 4.89. The highest BCUT2D eigenvalue weighted by Gasteiger charge is 2.30. The number of aromatic hydroxyl groups is 1. The number of benzene rings is 3. The highest BCUT2D eigenvalue weighted by atomic mass is 16.6. The van der Waals surface area contributed by atoms with Gasteiger partial charge in [-0.3, -0.25) is 4.90 Å². The minimum absolute atomic E-state index is 0.0245. The zero-order valence-electron chi connectivity index (χ0n) is 16.7. The largest absolute Gasteiger partial charge is 0.508 e. The summed E-state index contributed by atoms with van der Waals surface area (Å²) < 4.78 is 5.80. The number of fused-ring (bicyclic) bond motifs is 3. The summed E-state index contributed by atoms with van der Waals surface area (Å²) in [7, 11) is 0. The summed E-state index contributed by atoms with van der Waals surface area (Å²) >= 11 is 0. The van der Waals surface area contributed by atoms with E-state index in [9.17, 15) is 9.90 Å². The van der Waals surface area contributed by atoms with Crippen LogP contribution in [0, 0.1) is 5.92 Å². The van der Waals surface area contributed by atoms with Gasteiger partial charge in [-0.05, 0) is 40.3 Å². The predicted molar refractivity (Wildman–Crippen MR) is 115 cm³/mol. The molecule has 1 aliphatic rings. The van der Waals surface area contributed by atoms with Gasteiger partial charge in [-0.15, -0.1) is 0 Å². The van der Waals surface area contributed by atoms with E-state index in [1.165, 1.54) is 22.3 Å². The van der Waals surface area contributed by atoms with Crippen molar-refractivity contribution in [1.82, 2.24) is 0 Å². The van der Waals surface area contributed by atoms with Crippen LogP contribution in [0.1, 0.15) is 30.9 Å². The lowest BCUT2D eigenvalue weighted by molar-refractivity contribution is 0.149. The van der Waals surface area contributed by atoms with Gasteiger partial charge in [0.2, 0.25) is 0 Å². The van der Waals surface area contributed by atoms with Crippen molar-refractivity contribution in [2.75, 3.05) is 18.1 Å². The Labute approximate surface area is 171 Å². The van der Waals surface area contributed by atoms with Gasteiger partial charge in [-0.2, -0.15) is 0 Å². The second-order valence-electron chi connectivity index (χ2n) is 7.83. The summed E-state index contributed by atoms with van der Waals surface area (Å²) in [5, 5.41) is 9.82. The van der Waals surface area contributed by atoms with Crippen LogP contribution in [0.15, 0.2) is 72.8 Å². The van der Waals surface area contributed by atoms with E-state index >= 15 is 0 Å². The number of hydrogen-bond acceptors (Lipinski definition) is 3. The number of amides is 1. The van der Waals surface area contributed by atoms with E-state index in [1.807, 2.05) is 44.2 Å². The van der Waals surface area contributed by atoms with Gasteiger partial charge in [-0.25, -0.2) is 4.79 Å². The van der Waals surface area contributed by atoms with Gasteiger partial charge < -0.3 is 9.84 Å². The van der Waals surface area contributed by atoms with E-state index < -0.39 is 6.09 Å². The first kappa shape index (κ1) is 19.1. The van der Waals surface area contributed by atoms with Crippen molar-refractivity contribution in [3.63, 3.8) is 0 Å². The quantitative estimate of drug-likeness (QED) is 0.601. The highest BCUT2D eigenvalue weighted by Crippen LogP contribution is 2.44. The van der Waals surface area contributed by atoms with Gasteiger partial charge in [0.05, 0.1) is 5.69 Å². The molecule has 0 heterocycles. The molecule has 0 radical (unpaired) electrons. The normalized spacial score (nSPS) is 12.5. The maximum Gasteiger partial charge on any atom is 0.414 e. The highest BCUT2D eigenvalue weighted by molar-refractivity contribution is 5.88. The lowest BCUT2D eigenvalue weighted by Gasteiger charge is -2.25. The Morgan fingerprint density at radius 1 is 0.966 bits per heavy atom. The molecule has 1 N–H and O–H groups in total. The Kier molecular flexibility index (Phi) is 5.26. The molecule has 3 aromatic rings. The first-order valence-corrected chi connectivity index (χ1v) is 9.96. The van der Waals surface area contributed by atoms with E-state index in [0.29, 0.717) is 12.2 Å². The van der Waals surface area contributed by atoms with Crippen molar-refractivity contribution in [3.8, 4) is 16.9 Å². The average molecular weight is 387 g/mol. The molecule has 4 rings (SSSR count). The average Bonchev–Trinajstić information content (AvgIpc) is 3.04. The second kappa shape index (κ2) is 8.00. The molecule has 0 aliphatic heterocycles. The maximum atomic E-state index is 13.0. The number of anilines is 1. The van der Waals surface area contributed by atoms with Crippen LogP contribution in [0.5, 0.6) is 5.75 Å². The summed E-state index contributed by atoms with van der Waals surface area (Å²) in [5.41, 5.74) is 5.42. The van der Waals surface area contributed by atoms with E-state index in [4.69, 9.17) is 4.74 Å². The SMILES string of the molecule is CC(C)CN(C(=O)OCC1c2ccccc2-c2ccccc21)c1cccc(O)c1. The molecule has 3 aromatic carbocycles. The molecule has 0 fully saturated rings. The fourth-order valence-corrected chi connectivity index (χ4v) is 3.98. The number of carbonyl (C=O) groups excluding carboxylic acids is 1. The van der Waals surface area contributed by atoms with Crippen LogP contribution in [0.2, 0.25) is 0 Å². The van der Waals surface area contributed by atoms with Crippen LogP contribution < -0.4 is 4.90 Å². The molecule has 0 atom stereocenters. The van der Waals surface area contributed by atoms with Crippen molar-refractivity contribution >= 4 is 11.8 Å². The van der Waals surface area contributed by atoms with Gasteiger partial charge in [0.15, 0.2) is 0 Å². The monoisotopic (exact) mass is 387 g/mol. The lowest BCUT2D eigenvalue weighted by atomic mass is 9.98. The molecule has 0 spiro atoms. The Balaban J connectivity index is 1.57. The van der Waals surface area contributed by atoms with Gasteiger partial charge in [0, 0.05) is 18.5 Å². The zero-order valence-corrected chi connectivity index (χ0v) is 16.7. The van der Waals surface area contributed by atoms with Crippen LogP contribution in [0.25, 0.3) is 11.1 Å². The van der Waals surface area contributed by atoms with Crippen molar-refractivity contribution < 1.29 is 14.6 Å². The smallest absolute Gasteiger partial charge is 0.414 e. The lowest BCUT2D eigenvalue weighted by Crippen LogP contribution is -2.35. The summed E-state index contributed by atoms with van der Waals surface area (Å²) in [4.78, 5) is 14.6. The number of phenolic OH excluding ortho intramolecular Hbond substituents is 1. The number of hydrogen-bond donors (Lipinski definition) is 1. The molecular formula is C25H25NO3. The molecule has 29 heavy (non-hydrogen) atoms. The molecule has 1 aliphatic carbocycles. The molecule has 4 nitrogen and oxygen atoms in total. The minimum atomic E-state index is -0.397. The van der Waals surface area contributed by atoms with Crippen LogP contribution in [-0.4, -0.2) is 24.4 Å². The van der Waals surface area contributed by atoms with Crippen molar-refractivity contribution in [3.05, 3.63) is 83.9 Å². The molecular weight excluding hydrogens is 362 g/mol. The number of carbonyl (C=O) groups is 1. The molecule has 1 amide bonds. The number of rotatable bonds is 5. The fraction of sp³-hybridized carbons (Fsp3) is 0.240. The standard InChI is InChI=1S/C25H25NO3/c1-17(2)15-26(18-8-7-9-19(27)14-18)25(28)29-16-24-22-12-5-3-10-20(22)21-11-4-6-13-23(21)24/h3-14,17,24,27H,15-16H2,1-2H3. The molecule has 148 valence electrons. The van der Waals surface area contributed by atoms with E-state index in [0.717, 1.165) is 0 Å². The zero-order chi connectivity index (χ0) is 20.4. The Morgan fingerprint density at radius 2 is 1.59 bits per heavy atom. The molecule has 0 unspecified atom stereocenters. The molecule has 0 saturated carbocycles. The molecule has 0 bridgehead atoms. The Hall–Kier alpha value is -3.27. The van der Waals surface area contributed by atoms with Gasteiger partial charge in [0.1, 0.15) is 12.4 Å². The number of phenols is 1. The van der Waals surface area contributed by atoms with Crippen LogP contribution >= 0.6 is 0 Å².